The summed E-state index contributed by atoms with van der Waals surface area (Å²) in [5, 5.41) is 2.73. The number of hydrogen-bond donors (Lipinski definition) is 1. The Hall–Kier alpha value is -2.44. The average Bonchev–Trinajstić information content (AvgIpc) is 2.73. The lowest BCUT2D eigenvalue weighted by atomic mass is 9.89. The van der Waals surface area contributed by atoms with Crippen LogP contribution in [0, 0.1) is 5.82 Å². The molecule has 1 aliphatic carbocycles. The maximum absolute atomic E-state index is 14.6. The van der Waals surface area contributed by atoms with E-state index >= 15 is 0 Å². The smallest absolute Gasteiger partial charge is 0.254 e. The van der Waals surface area contributed by atoms with E-state index in [9.17, 15) is 9.18 Å². The first-order chi connectivity index (χ1) is 15.4. The quantitative estimate of drug-likeness (QED) is 0.739. The van der Waals surface area contributed by atoms with E-state index in [1.807, 2.05) is 32.0 Å². The number of hydrogen-bond acceptors (Lipinski definition) is 4. The Morgan fingerprint density at radius 1 is 1.12 bits per heavy atom. The van der Waals surface area contributed by atoms with E-state index in [1.54, 1.807) is 12.1 Å². The second-order valence-electron chi connectivity index (χ2n) is 9.57. The number of amides is 1. The zero-order valence-corrected chi connectivity index (χ0v) is 18.8. The molecule has 2 aliphatic heterocycles. The number of rotatable bonds is 4. The van der Waals surface area contributed by atoms with Crippen molar-refractivity contribution in [3.8, 4) is 16.9 Å². The summed E-state index contributed by atoms with van der Waals surface area (Å²) >= 11 is 0. The Balaban J connectivity index is 1.29. The fraction of sp³-hybridized carbons (Fsp3) is 0.500. The van der Waals surface area contributed by atoms with Gasteiger partial charge in [-0.25, -0.2) is 4.39 Å². The molecule has 1 amide bonds. The van der Waals surface area contributed by atoms with E-state index in [0.29, 0.717) is 6.61 Å². The third kappa shape index (κ3) is 4.14. The molecule has 2 fully saturated rings. The van der Waals surface area contributed by atoms with Gasteiger partial charge in [0, 0.05) is 43.6 Å². The summed E-state index contributed by atoms with van der Waals surface area (Å²) < 4.78 is 27.2. The predicted molar refractivity (Wildman–Crippen MR) is 121 cm³/mol. The third-order valence-electron chi connectivity index (χ3n) is 6.96. The first-order valence-electron chi connectivity index (χ1n) is 11.7. The number of likely N-dealkylation sites (tertiary alicyclic amines) is 1. The molecule has 2 aromatic carbocycles. The molecule has 5 rings (SSSR count). The number of nitrogens with one attached hydrogen (secondary N) is 1. The minimum absolute atomic E-state index is 0.0454. The molecule has 32 heavy (non-hydrogen) atoms. The number of ether oxygens (including phenoxy) is 2. The molecular formula is C26H31FN2O3. The van der Waals surface area contributed by atoms with E-state index in [-0.39, 0.29) is 11.6 Å². The van der Waals surface area contributed by atoms with Gasteiger partial charge in [-0.15, -0.1) is 0 Å². The van der Waals surface area contributed by atoms with Crippen LogP contribution in [0.2, 0.25) is 0 Å². The number of piperidine rings is 1. The van der Waals surface area contributed by atoms with Crippen molar-refractivity contribution in [3.63, 3.8) is 0 Å². The van der Waals surface area contributed by atoms with E-state index in [1.165, 1.54) is 25.3 Å². The highest BCUT2D eigenvalue weighted by Gasteiger charge is 2.42. The molecule has 3 aliphatic rings. The summed E-state index contributed by atoms with van der Waals surface area (Å²) in [7, 11) is 0. The lowest BCUT2D eigenvalue weighted by molar-refractivity contribution is -0.231. The van der Waals surface area contributed by atoms with Crippen molar-refractivity contribution < 1.29 is 18.7 Å². The second kappa shape index (κ2) is 8.49. The molecule has 0 bridgehead atoms. The summed E-state index contributed by atoms with van der Waals surface area (Å²) in [6.07, 6.45) is 5.77. The lowest BCUT2D eigenvalue weighted by Gasteiger charge is -2.47. The van der Waals surface area contributed by atoms with Gasteiger partial charge in [-0.05, 0) is 62.1 Å². The van der Waals surface area contributed by atoms with Crippen LogP contribution < -0.4 is 10.1 Å². The first-order valence-corrected chi connectivity index (χ1v) is 11.7. The van der Waals surface area contributed by atoms with Crippen LogP contribution >= 0.6 is 0 Å². The Morgan fingerprint density at radius 3 is 2.50 bits per heavy atom. The molecule has 2 heterocycles. The number of fused-ring (bicyclic) bond motifs is 1. The number of carbonyl (C=O) groups excluding carboxylic acids is 1. The maximum atomic E-state index is 14.6. The van der Waals surface area contributed by atoms with Gasteiger partial charge in [0.25, 0.3) is 5.91 Å². The summed E-state index contributed by atoms with van der Waals surface area (Å²) in [5.74, 6) is -0.592. The Morgan fingerprint density at radius 2 is 1.84 bits per heavy atom. The molecule has 1 spiro atoms. The van der Waals surface area contributed by atoms with Crippen molar-refractivity contribution in [1.82, 2.24) is 10.2 Å². The van der Waals surface area contributed by atoms with Crippen molar-refractivity contribution in [2.75, 3.05) is 13.1 Å². The second-order valence-corrected chi connectivity index (χ2v) is 9.57. The molecule has 2 aromatic rings. The number of halogens is 1. The van der Waals surface area contributed by atoms with E-state index in [0.717, 1.165) is 54.4 Å². The van der Waals surface area contributed by atoms with Gasteiger partial charge >= 0.3 is 0 Å². The van der Waals surface area contributed by atoms with Crippen molar-refractivity contribution in [3.05, 3.63) is 53.3 Å². The van der Waals surface area contributed by atoms with Crippen LogP contribution in [0.15, 0.2) is 36.4 Å². The molecule has 1 saturated heterocycles. The summed E-state index contributed by atoms with van der Waals surface area (Å²) in [5.41, 5.74) is 2.63. The van der Waals surface area contributed by atoms with Crippen molar-refractivity contribution in [2.45, 2.75) is 70.4 Å². The van der Waals surface area contributed by atoms with Gasteiger partial charge in [-0.3, -0.25) is 9.69 Å². The highest BCUT2D eigenvalue weighted by molar-refractivity contribution is 5.95. The number of benzene rings is 2. The first kappa shape index (κ1) is 21.4. The van der Waals surface area contributed by atoms with Crippen LogP contribution in [-0.2, 0) is 11.3 Å². The van der Waals surface area contributed by atoms with Gasteiger partial charge in [0.1, 0.15) is 11.6 Å². The van der Waals surface area contributed by atoms with Gasteiger partial charge in [0.05, 0.1) is 12.2 Å². The molecule has 0 unspecified atom stereocenters. The van der Waals surface area contributed by atoms with Crippen molar-refractivity contribution in [1.29, 1.82) is 0 Å². The summed E-state index contributed by atoms with van der Waals surface area (Å²) in [4.78, 5) is 14.7. The summed E-state index contributed by atoms with van der Waals surface area (Å²) in [6.45, 7) is 6.23. The Kier molecular flexibility index (Phi) is 5.68. The van der Waals surface area contributed by atoms with Crippen LogP contribution in [0.5, 0.6) is 5.75 Å². The van der Waals surface area contributed by atoms with Crippen LogP contribution in [-0.4, -0.2) is 41.8 Å². The molecule has 6 heteroatoms. The molecular weight excluding hydrogens is 407 g/mol. The van der Waals surface area contributed by atoms with Gasteiger partial charge in [0.15, 0.2) is 0 Å². The molecule has 0 aromatic heterocycles. The van der Waals surface area contributed by atoms with Crippen molar-refractivity contribution >= 4 is 5.91 Å². The Labute approximate surface area is 188 Å². The number of carbonyl (C=O) groups is 1. The monoisotopic (exact) mass is 438 g/mol. The van der Waals surface area contributed by atoms with E-state index in [2.05, 4.69) is 10.2 Å². The van der Waals surface area contributed by atoms with Crippen LogP contribution in [0.25, 0.3) is 11.1 Å². The van der Waals surface area contributed by atoms with Gasteiger partial charge in [0.2, 0.25) is 5.79 Å². The van der Waals surface area contributed by atoms with Gasteiger partial charge in [-0.2, -0.15) is 0 Å². The highest BCUT2D eigenvalue weighted by Crippen LogP contribution is 2.40. The summed E-state index contributed by atoms with van der Waals surface area (Å²) in [6, 6.07) is 11.4. The maximum Gasteiger partial charge on any atom is 0.254 e. The zero-order valence-electron chi connectivity index (χ0n) is 18.8. The predicted octanol–water partition coefficient (Wildman–Crippen LogP) is 4.88. The highest BCUT2D eigenvalue weighted by atomic mass is 19.1. The number of nitrogens with zero attached hydrogens (tertiary/aromatic N) is 1. The normalized spacial score (nSPS) is 20.5. The van der Waals surface area contributed by atoms with Gasteiger partial charge < -0.3 is 14.8 Å². The van der Waals surface area contributed by atoms with Crippen LogP contribution in [0.4, 0.5) is 4.39 Å². The fourth-order valence-electron chi connectivity index (χ4n) is 4.86. The standard InChI is InChI=1S/C26H31FN2O3/c1-17(2)28-25(30)22-8-6-19(15-23(22)27)18-7-9-24-20(14-18)16-31-26(32-24)10-12-29(13-11-26)21-4-3-5-21/h6-9,14-15,17,21H,3-5,10-13,16H2,1-2H3,(H,28,30). The van der Waals surface area contributed by atoms with Crippen molar-refractivity contribution in [2.24, 2.45) is 0 Å². The molecule has 1 saturated carbocycles. The van der Waals surface area contributed by atoms with Gasteiger partial charge in [-0.1, -0.05) is 18.6 Å². The largest absolute Gasteiger partial charge is 0.462 e. The third-order valence-corrected chi connectivity index (χ3v) is 6.96. The average molecular weight is 439 g/mol. The van der Waals surface area contributed by atoms with E-state index in [4.69, 9.17) is 9.47 Å². The minimum Gasteiger partial charge on any atom is -0.462 e. The molecule has 0 radical (unpaired) electrons. The molecule has 1 N–H and O–H groups in total. The van der Waals surface area contributed by atoms with E-state index < -0.39 is 17.5 Å². The fourth-order valence-corrected chi connectivity index (χ4v) is 4.86. The topological polar surface area (TPSA) is 50.8 Å². The SMILES string of the molecule is CC(C)NC(=O)c1ccc(-c2ccc3c(c2)COC2(CCN(C4CCC4)CC2)O3)cc1F. The lowest BCUT2D eigenvalue weighted by Crippen LogP contribution is -2.54. The van der Waals surface area contributed by atoms with Crippen LogP contribution in [0.3, 0.4) is 0 Å². The molecule has 5 nitrogen and oxygen atoms in total. The Bertz CT molecular complexity index is 1010. The minimum atomic E-state index is -0.525. The molecule has 0 atom stereocenters. The molecule has 170 valence electrons. The van der Waals surface area contributed by atoms with Crippen LogP contribution in [0.1, 0.15) is 61.9 Å². The zero-order chi connectivity index (χ0) is 22.3.